The summed E-state index contributed by atoms with van der Waals surface area (Å²) in [5, 5.41) is 18.5. The van der Waals surface area contributed by atoms with Gasteiger partial charge in [-0.3, -0.25) is 4.18 Å². The summed E-state index contributed by atoms with van der Waals surface area (Å²) in [7, 11) is -4.04. The minimum Gasteiger partial charge on any atom is -0.474 e. The Morgan fingerprint density at radius 3 is 2.87 bits per heavy atom. The van der Waals surface area contributed by atoms with Gasteiger partial charge >= 0.3 is 10.3 Å². The summed E-state index contributed by atoms with van der Waals surface area (Å²) in [6.45, 7) is 2.04. The minimum atomic E-state index is -4.04. The second-order valence-electron chi connectivity index (χ2n) is 8.06. The Balaban J connectivity index is 1.39. The molecule has 0 unspecified atom stereocenters. The van der Waals surface area contributed by atoms with Crippen molar-refractivity contribution in [3.05, 3.63) is 47.8 Å². The Bertz CT molecular complexity index is 1000. The molecule has 2 aliphatic carbocycles. The highest BCUT2D eigenvalue weighted by molar-refractivity contribution is 7.84. The van der Waals surface area contributed by atoms with Gasteiger partial charge in [-0.2, -0.15) is 8.42 Å². The van der Waals surface area contributed by atoms with Gasteiger partial charge in [0.1, 0.15) is 18.2 Å². The van der Waals surface area contributed by atoms with Crippen molar-refractivity contribution in [3.8, 4) is 5.88 Å². The van der Waals surface area contributed by atoms with E-state index in [0.717, 1.165) is 6.42 Å². The van der Waals surface area contributed by atoms with E-state index in [1.165, 1.54) is 17.5 Å². The highest BCUT2D eigenvalue weighted by Crippen LogP contribution is 2.38. The van der Waals surface area contributed by atoms with E-state index >= 15 is 0 Å². The lowest BCUT2D eigenvalue weighted by molar-refractivity contribution is 0.0986. The zero-order valence-corrected chi connectivity index (χ0v) is 17.5. The second-order valence-corrected chi connectivity index (χ2v) is 9.28. The molecule has 9 nitrogen and oxygen atoms in total. The number of fused-ring (bicyclic) bond motifs is 1. The molecule has 2 aromatic rings. The zero-order chi connectivity index (χ0) is 21.3. The lowest BCUT2D eigenvalue weighted by Crippen LogP contribution is -2.24. The van der Waals surface area contributed by atoms with Crippen LogP contribution in [0, 0.1) is 11.8 Å². The number of hydrogen-bond donors (Lipinski definition) is 3. The number of nitrogens with two attached hydrogens (primary N) is 1. The fraction of sp³-hybridized carbons (Fsp3) is 0.500. The summed E-state index contributed by atoms with van der Waals surface area (Å²) in [5.74, 6) is 1.13. The van der Waals surface area contributed by atoms with E-state index in [-0.39, 0.29) is 24.7 Å². The smallest absolute Gasteiger partial charge is 0.333 e. The van der Waals surface area contributed by atoms with Gasteiger partial charge in [-0.15, -0.1) is 0 Å². The molecule has 1 aromatic heterocycles. The number of aliphatic hydroxyl groups is 1. The van der Waals surface area contributed by atoms with E-state index in [1.54, 1.807) is 6.07 Å². The Hall–Kier alpha value is -2.27. The van der Waals surface area contributed by atoms with Crippen LogP contribution in [0.5, 0.6) is 5.88 Å². The highest BCUT2D eigenvalue weighted by atomic mass is 32.2. The summed E-state index contributed by atoms with van der Waals surface area (Å²) in [4.78, 5) is 8.49. The molecule has 1 aromatic carbocycles. The SMILES string of the molecule is C[C@H]1Cc2ccccc2[C@H]1Nc1cc(O[C@@H]2C[C@@H](COS(N)(=O)=O)[C@@H](O)C2)ncn1. The number of benzene rings is 1. The molecular weight excluding hydrogens is 408 g/mol. The van der Waals surface area contributed by atoms with Crippen LogP contribution in [0.1, 0.15) is 36.9 Å². The van der Waals surface area contributed by atoms with Crippen molar-refractivity contribution in [2.75, 3.05) is 11.9 Å². The van der Waals surface area contributed by atoms with Crippen molar-refractivity contribution < 1.29 is 22.4 Å². The van der Waals surface area contributed by atoms with Crippen molar-refractivity contribution >= 4 is 16.1 Å². The zero-order valence-electron chi connectivity index (χ0n) is 16.6. The minimum absolute atomic E-state index is 0.164. The Kier molecular flexibility index (Phi) is 5.92. The molecule has 1 saturated carbocycles. The van der Waals surface area contributed by atoms with Crippen molar-refractivity contribution in [3.63, 3.8) is 0 Å². The van der Waals surface area contributed by atoms with Crippen LogP contribution in [-0.4, -0.2) is 42.3 Å². The predicted octanol–water partition coefficient (Wildman–Crippen LogP) is 1.56. The first-order chi connectivity index (χ1) is 14.3. The third kappa shape index (κ3) is 4.89. The first-order valence-corrected chi connectivity index (χ1v) is 11.4. The number of aromatic nitrogens is 2. The molecule has 10 heteroatoms. The maximum Gasteiger partial charge on any atom is 0.333 e. The molecule has 5 atom stereocenters. The summed E-state index contributed by atoms with van der Waals surface area (Å²) < 4.78 is 32.5. The number of nitrogens with zero attached hydrogens (tertiary/aromatic N) is 2. The number of rotatable bonds is 7. The fourth-order valence-corrected chi connectivity index (χ4v) is 4.70. The van der Waals surface area contributed by atoms with Gasteiger partial charge < -0.3 is 15.2 Å². The van der Waals surface area contributed by atoms with Crippen molar-refractivity contribution in [2.24, 2.45) is 17.0 Å². The molecule has 0 amide bonds. The van der Waals surface area contributed by atoms with Gasteiger partial charge in [0.25, 0.3) is 0 Å². The Morgan fingerprint density at radius 2 is 2.07 bits per heavy atom. The van der Waals surface area contributed by atoms with E-state index in [0.29, 0.717) is 30.5 Å². The fourth-order valence-electron chi connectivity index (χ4n) is 4.34. The monoisotopic (exact) mass is 434 g/mol. The number of nitrogens with one attached hydrogen (secondary N) is 1. The normalized spacial score (nSPS) is 28.3. The summed E-state index contributed by atoms with van der Waals surface area (Å²) in [6.07, 6.45) is 2.23. The molecule has 0 radical (unpaired) electrons. The maximum atomic E-state index is 11.0. The molecule has 4 N–H and O–H groups in total. The van der Waals surface area contributed by atoms with Gasteiger partial charge in [0.2, 0.25) is 5.88 Å². The highest BCUT2D eigenvalue weighted by Gasteiger charge is 2.35. The van der Waals surface area contributed by atoms with Crippen molar-refractivity contribution in [1.82, 2.24) is 9.97 Å². The lowest BCUT2D eigenvalue weighted by Gasteiger charge is -2.20. The summed E-state index contributed by atoms with van der Waals surface area (Å²) in [6, 6.07) is 10.3. The predicted molar refractivity (Wildman–Crippen MR) is 110 cm³/mol. The number of anilines is 1. The van der Waals surface area contributed by atoms with Gasteiger partial charge in [0.15, 0.2) is 0 Å². The topological polar surface area (TPSA) is 137 Å². The molecule has 4 rings (SSSR count). The Morgan fingerprint density at radius 1 is 1.27 bits per heavy atom. The van der Waals surface area contributed by atoms with E-state index in [2.05, 4.69) is 44.6 Å². The van der Waals surface area contributed by atoms with Crippen LogP contribution >= 0.6 is 0 Å². The first-order valence-electron chi connectivity index (χ1n) is 9.97. The quantitative estimate of drug-likeness (QED) is 0.597. The van der Waals surface area contributed by atoms with E-state index in [9.17, 15) is 13.5 Å². The maximum absolute atomic E-state index is 11.0. The molecule has 0 aliphatic heterocycles. The van der Waals surface area contributed by atoms with Crippen LogP contribution in [-0.2, 0) is 20.9 Å². The van der Waals surface area contributed by atoms with E-state index in [4.69, 9.17) is 9.88 Å². The Labute approximate surface area is 175 Å². The lowest BCUT2D eigenvalue weighted by atomic mass is 10.0. The molecule has 162 valence electrons. The van der Waals surface area contributed by atoms with E-state index < -0.39 is 16.4 Å². The summed E-state index contributed by atoms with van der Waals surface area (Å²) >= 11 is 0. The third-order valence-corrected chi connectivity index (χ3v) is 6.26. The molecular formula is C20H26N4O5S. The largest absolute Gasteiger partial charge is 0.474 e. The van der Waals surface area contributed by atoms with Gasteiger partial charge in [-0.1, -0.05) is 31.2 Å². The van der Waals surface area contributed by atoms with Gasteiger partial charge in [-0.05, 0) is 29.9 Å². The van der Waals surface area contributed by atoms with Crippen LogP contribution < -0.4 is 15.2 Å². The van der Waals surface area contributed by atoms with Crippen LogP contribution in [0.3, 0.4) is 0 Å². The van der Waals surface area contributed by atoms with E-state index in [1.807, 2.05) is 6.07 Å². The van der Waals surface area contributed by atoms with Crippen LogP contribution in [0.25, 0.3) is 0 Å². The second kappa shape index (κ2) is 8.46. The number of hydrogen-bond acceptors (Lipinski definition) is 8. The average molecular weight is 435 g/mol. The summed E-state index contributed by atoms with van der Waals surface area (Å²) in [5.41, 5.74) is 2.63. The van der Waals surface area contributed by atoms with Gasteiger partial charge in [-0.25, -0.2) is 15.1 Å². The molecule has 1 heterocycles. The van der Waals surface area contributed by atoms with Crippen molar-refractivity contribution in [1.29, 1.82) is 0 Å². The third-order valence-electron chi connectivity index (χ3n) is 5.79. The number of aliphatic hydroxyl groups excluding tert-OH is 1. The molecule has 0 saturated heterocycles. The molecule has 2 aliphatic rings. The van der Waals surface area contributed by atoms with Crippen LogP contribution in [0.4, 0.5) is 5.82 Å². The molecule has 30 heavy (non-hydrogen) atoms. The molecule has 0 spiro atoms. The molecule has 0 bridgehead atoms. The first kappa shape index (κ1) is 21.0. The standard InChI is InChI=1S/C20H26N4O5S/c1-12-6-13-4-2-3-5-16(13)20(12)24-18-9-19(23-11-22-18)29-15-7-14(17(25)8-15)10-28-30(21,26)27/h2-5,9,11-12,14-15,17,20,25H,6-8,10H2,1H3,(H2,21,26,27)(H,22,23,24)/t12-,14-,15+,17-,20-/m0/s1. The van der Waals surface area contributed by atoms with Crippen LogP contribution in [0.15, 0.2) is 36.7 Å². The van der Waals surface area contributed by atoms with Gasteiger partial charge in [0, 0.05) is 18.4 Å². The van der Waals surface area contributed by atoms with Gasteiger partial charge in [0.05, 0.1) is 18.8 Å². The molecule has 1 fully saturated rings. The van der Waals surface area contributed by atoms with Crippen molar-refractivity contribution in [2.45, 2.75) is 44.4 Å². The number of ether oxygens (including phenoxy) is 1. The van der Waals surface area contributed by atoms with Crippen LogP contribution in [0.2, 0.25) is 0 Å². The average Bonchev–Trinajstić information content (AvgIpc) is 3.19.